The second-order valence-corrected chi connectivity index (χ2v) is 4.07. The molecule has 1 aliphatic heterocycles. The fraction of sp³-hybridized carbons (Fsp3) is 0.300. The van der Waals surface area contributed by atoms with Crippen molar-refractivity contribution in [2.24, 2.45) is 5.16 Å². The van der Waals surface area contributed by atoms with Gasteiger partial charge in [0, 0.05) is 0 Å². The first-order valence-electron chi connectivity index (χ1n) is 4.72. The first-order valence-corrected chi connectivity index (χ1v) is 4.72. The number of fused-ring (bicyclic) bond motifs is 1. The minimum absolute atomic E-state index is 0.506. The summed E-state index contributed by atoms with van der Waals surface area (Å²) in [5.41, 5.74) is 1.97. The van der Waals surface area contributed by atoms with Crippen molar-refractivity contribution < 1.29 is 14.9 Å². The average Bonchev–Trinajstić information content (AvgIpc) is 2.38. The molecule has 1 aliphatic rings. The minimum atomic E-state index is -0.866. The monoisotopic (exact) mass is 205 g/mol. The zero-order valence-corrected chi connectivity index (χ0v) is 8.64. The lowest BCUT2D eigenvalue weighted by atomic mass is 9.78. The molecule has 0 bridgehead atoms. The quantitative estimate of drug-likeness (QED) is 0.302. The molecule has 1 heterocycles. The maximum atomic E-state index is 9.63. The Morgan fingerprint density at radius 2 is 2.20 bits per heavy atom. The van der Waals surface area contributed by atoms with Crippen LogP contribution in [-0.4, -0.2) is 23.6 Å². The van der Waals surface area contributed by atoms with Crippen LogP contribution in [0.3, 0.4) is 0 Å². The lowest BCUT2D eigenvalue weighted by Gasteiger charge is -2.19. The third-order valence-electron chi connectivity index (χ3n) is 2.61. The second kappa shape index (κ2) is 3.36. The summed E-state index contributed by atoms with van der Waals surface area (Å²) in [6.45, 7) is 3.78. The molecular weight excluding hydrogens is 193 g/mol. The Hall–Kier alpha value is -1.33. The summed E-state index contributed by atoms with van der Waals surface area (Å²) < 4.78 is 5.40. The van der Waals surface area contributed by atoms with Crippen LogP contribution in [0, 0.1) is 0 Å². The van der Waals surface area contributed by atoms with Crippen LogP contribution in [-0.2, 0) is 10.3 Å². The van der Waals surface area contributed by atoms with E-state index in [9.17, 15) is 5.02 Å². The molecule has 78 valence electrons. The van der Waals surface area contributed by atoms with Crippen LogP contribution in [0.1, 0.15) is 25.0 Å². The van der Waals surface area contributed by atoms with E-state index in [2.05, 4.69) is 5.16 Å². The van der Waals surface area contributed by atoms with Gasteiger partial charge in [0.05, 0.1) is 11.8 Å². The standard InChI is InChI=1S/C10H12BNO3/c1-10(2)8-5-7(6-12-14)3-4-9(8)11(13)15-10/h3-6,13-14H,1-2H3/b12-6+. The number of oxime groups is 1. The highest BCUT2D eigenvalue weighted by atomic mass is 16.5. The number of nitrogens with zero attached hydrogens (tertiary/aromatic N) is 1. The van der Waals surface area contributed by atoms with Crippen molar-refractivity contribution in [2.75, 3.05) is 0 Å². The molecule has 2 rings (SSSR count). The molecule has 0 radical (unpaired) electrons. The van der Waals surface area contributed by atoms with Crippen molar-refractivity contribution >= 4 is 18.8 Å². The normalized spacial score (nSPS) is 18.5. The van der Waals surface area contributed by atoms with E-state index in [0.29, 0.717) is 0 Å². The van der Waals surface area contributed by atoms with Gasteiger partial charge in [-0.05, 0) is 36.5 Å². The third-order valence-corrected chi connectivity index (χ3v) is 2.61. The number of hydrogen-bond acceptors (Lipinski definition) is 4. The fourth-order valence-electron chi connectivity index (χ4n) is 1.86. The van der Waals surface area contributed by atoms with E-state index in [4.69, 9.17) is 9.86 Å². The Morgan fingerprint density at radius 1 is 1.47 bits per heavy atom. The van der Waals surface area contributed by atoms with Gasteiger partial charge in [-0.3, -0.25) is 0 Å². The minimum Gasteiger partial charge on any atom is -0.423 e. The molecular formula is C10H12BNO3. The molecule has 0 amide bonds. The van der Waals surface area contributed by atoms with Gasteiger partial charge in [-0.25, -0.2) is 0 Å². The summed E-state index contributed by atoms with van der Waals surface area (Å²) >= 11 is 0. The Labute approximate surface area is 88.3 Å². The zero-order chi connectivity index (χ0) is 11.1. The molecule has 0 spiro atoms. The summed E-state index contributed by atoms with van der Waals surface area (Å²) in [6, 6.07) is 5.41. The maximum Gasteiger partial charge on any atom is 0.492 e. The van der Waals surface area contributed by atoms with Crippen LogP contribution in [0.2, 0.25) is 0 Å². The average molecular weight is 205 g/mol. The van der Waals surface area contributed by atoms with Crippen LogP contribution < -0.4 is 5.46 Å². The lowest BCUT2D eigenvalue weighted by Crippen LogP contribution is -2.28. The van der Waals surface area contributed by atoms with Crippen molar-refractivity contribution in [1.82, 2.24) is 0 Å². The van der Waals surface area contributed by atoms with Crippen LogP contribution >= 0.6 is 0 Å². The number of benzene rings is 1. The van der Waals surface area contributed by atoms with E-state index in [1.54, 1.807) is 12.1 Å². The Bertz CT molecular complexity index is 417. The Morgan fingerprint density at radius 3 is 2.87 bits per heavy atom. The van der Waals surface area contributed by atoms with E-state index in [1.165, 1.54) is 6.21 Å². The molecule has 5 heteroatoms. The highest BCUT2D eigenvalue weighted by Gasteiger charge is 2.40. The first-order chi connectivity index (χ1) is 7.04. The van der Waals surface area contributed by atoms with E-state index < -0.39 is 12.7 Å². The fourth-order valence-corrected chi connectivity index (χ4v) is 1.86. The van der Waals surface area contributed by atoms with Gasteiger partial charge in [-0.15, -0.1) is 0 Å². The summed E-state index contributed by atoms with van der Waals surface area (Å²) in [5, 5.41) is 21.0. The third kappa shape index (κ3) is 1.64. The highest BCUT2D eigenvalue weighted by Crippen LogP contribution is 2.29. The predicted octanol–water partition coefficient (Wildman–Crippen LogP) is 0.448. The SMILES string of the molecule is CC1(C)OB(O)c2ccc(/C=N/O)cc21. The molecule has 2 N–H and O–H groups in total. The highest BCUT2D eigenvalue weighted by molar-refractivity contribution is 6.62. The molecule has 1 aromatic carbocycles. The molecule has 0 aliphatic carbocycles. The van der Waals surface area contributed by atoms with Gasteiger partial charge in [0.2, 0.25) is 0 Å². The maximum absolute atomic E-state index is 9.63. The first kappa shape index (κ1) is 10.2. The van der Waals surface area contributed by atoms with Gasteiger partial charge in [0.1, 0.15) is 0 Å². The van der Waals surface area contributed by atoms with E-state index in [0.717, 1.165) is 16.6 Å². The summed E-state index contributed by atoms with van der Waals surface area (Å²) in [7, 11) is -0.866. The topological polar surface area (TPSA) is 62.0 Å². The van der Waals surface area contributed by atoms with Crippen molar-refractivity contribution in [3.8, 4) is 0 Å². The van der Waals surface area contributed by atoms with Crippen molar-refractivity contribution in [1.29, 1.82) is 0 Å². The summed E-state index contributed by atoms with van der Waals surface area (Å²) in [4.78, 5) is 0. The molecule has 0 unspecified atom stereocenters. The van der Waals surface area contributed by atoms with Gasteiger partial charge in [-0.1, -0.05) is 17.3 Å². The Kier molecular flexibility index (Phi) is 2.29. The van der Waals surface area contributed by atoms with Crippen molar-refractivity contribution in [2.45, 2.75) is 19.4 Å². The molecule has 0 fully saturated rings. The van der Waals surface area contributed by atoms with Gasteiger partial charge >= 0.3 is 7.12 Å². The molecule has 4 nitrogen and oxygen atoms in total. The molecule has 15 heavy (non-hydrogen) atoms. The lowest BCUT2D eigenvalue weighted by molar-refractivity contribution is 0.101. The zero-order valence-electron chi connectivity index (χ0n) is 8.64. The second-order valence-electron chi connectivity index (χ2n) is 4.07. The van der Waals surface area contributed by atoms with Gasteiger partial charge in [0.25, 0.3) is 0 Å². The van der Waals surface area contributed by atoms with E-state index in [-0.39, 0.29) is 0 Å². The molecule has 0 saturated carbocycles. The molecule has 1 aromatic rings. The van der Waals surface area contributed by atoms with Crippen LogP contribution in [0.4, 0.5) is 0 Å². The van der Waals surface area contributed by atoms with Crippen LogP contribution in [0.5, 0.6) is 0 Å². The van der Waals surface area contributed by atoms with Gasteiger partial charge < -0.3 is 14.9 Å². The number of hydrogen-bond donors (Lipinski definition) is 2. The summed E-state index contributed by atoms with van der Waals surface area (Å²) in [5.74, 6) is 0. The van der Waals surface area contributed by atoms with E-state index >= 15 is 0 Å². The van der Waals surface area contributed by atoms with Crippen LogP contribution in [0.15, 0.2) is 23.4 Å². The number of rotatable bonds is 1. The molecule has 0 saturated heterocycles. The van der Waals surface area contributed by atoms with Gasteiger partial charge in [0.15, 0.2) is 0 Å². The molecule has 0 aromatic heterocycles. The largest absolute Gasteiger partial charge is 0.492 e. The smallest absolute Gasteiger partial charge is 0.423 e. The Balaban J connectivity index is 2.52. The van der Waals surface area contributed by atoms with Crippen molar-refractivity contribution in [3.05, 3.63) is 29.3 Å². The van der Waals surface area contributed by atoms with Gasteiger partial charge in [-0.2, -0.15) is 0 Å². The van der Waals surface area contributed by atoms with E-state index in [1.807, 2.05) is 19.9 Å². The van der Waals surface area contributed by atoms with Crippen molar-refractivity contribution in [3.63, 3.8) is 0 Å². The predicted molar refractivity (Wildman–Crippen MR) is 57.5 cm³/mol. The van der Waals surface area contributed by atoms with Crippen LogP contribution in [0.25, 0.3) is 0 Å². The summed E-state index contributed by atoms with van der Waals surface area (Å²) in [6.07, 6.45) is 1.35. The molecule has 0 atom stereocenters.